The summed E-state index contributed by atoms with van der Waals surface area (Å²) in [5.41, 5.74) is 4.00. The minimum atomic E-state index is -0.590. The van der Waals surface area contributed by atoms with Crippen molar-refractivity contribution in [2.24, 2.45) is 0 Å². The van der Waals surface area contributed by atoms with Crippen LogP contribution in [0.4, 0.5) is 11.5 Å². The summed E-state index contributed by atoms with van der Waals surface area (Å²) in [6.07, 6.45) is 2.48. The van der Waals surface area contributed by atoms with E-state index >= 15 is 0 Å². The smallest absolute Gasteiger partial charge is 0.137 e. The van der Waals surface area contributed by atoms with Crippen molar-refractivity contribution >= 4 is 17.7 Å². The summed E-state index contributed by atoms with van der Waals surface area (Å²) in [6, 6.07) is 15.5. The number of aromatic nitrogens is 2. The third kappa shape index (κ3) is 7.00. The molecule has 33 heavy (non-hydrogen) atoms. The first kappa shape index (κ1) is 24.2. The molecule has 0 aliphatic rings. The third-order valence-electron chi connectivity index (χ3n) is 4.83. The molecule has 0 saturated carbocycles. The first-order valence-corrected chi connectivity index (χ1v) is 11.0. The molecule has 8 heteroatoms. The standard InChI is InChI=1S/C25H32N6O2/c1-17(2)30-25-22(13-26)24(29-14-19-8-4-5-10-28-19)12-23(31-25)18-7-6-9-21(11-18)33-16-20(32)15-27-3/h4-13,17,20,26-27,32H,14-16H2,1-3H3,(H2,29,30,31). The average molecular weight is 449 g/mol. The monoisotopic (exact) mass is 448 g/mol. The largest absolute Gasteiger partial charge is 0.491 e. The average Bonchev–Trinajstić information content (AvgIpc) is 2.82. The minimum absolute atomic E-state index is 0.151. The van der Waals surface area contributed by atoms with Gasteiger partial charge in [0.2, 0.25) is 0 Å². The molecule has 0 spiro atoms. The van der Waals surface area contributed by atoms with Crippen molar-refractivity contribution < 1.29 is 9.84 Å². The lowest BCUT2D eigenvalue weighted by molar-refractivity contribution is 0.108. The van der Waals surface area contributed by atoms with Crippen LogP contribution in [-0.4, -0.2) is 53.6 Å². The fourth-order valence-electron chi connectivity index (χ4n) is 3.30. The Morgan fingerprint density at radius 1 is 1.15 bits per heavy atom. The van der Waals surface area contributed by atoms with Crippen LogP contribution in [0, 0.1) is 5.41 Å². The quantitative estimate of drug-likeness (QED) is 0.269. The zero-order valence-electron chi connectivity index (χ0n) is 19.3. The Balaban J connectivity index is 1.92. The Labute approximate surface area is 195 Å². The molecule has 0 radical (unpaired) electrons. The number of aliphatic hydroxyl groups excluding tert-OH is 1. The number of hydrogen-bond acceptors (Lipinski definition) is 8. The number of rotatable bonds is 12. The van der Waals surface area contributed by atoms with Crippen molar-refractivity contribution in [2.75, 3.05) is 30.8 Å². The molecule has 0 saturated heterocycles. The Morgan fingerprint density at radius 3 is 2.70 bits per heavy atom. The van der Waals surface area contributed by atoms with Gasteiger partial charge in [-0.2, -0.15) is 0 Å². The molecule has 0 aliphatic carbocycles. The van der Waals surface area contributed by atoms with Gasteiger partial charge in [0, 0.05) is 36.2 Å². The maximum Gasteiger partial charge on any atom is 0.137 e. The van der Waals surface area contributed by atoms with Gasteiger partial charge < -0.3 is 31.2 Å². The van der Waals surface area contributed by atoms with E-state index in [4.69, 9.17) is 15.1 Å². The molecule has 3 aromatic rings. The molecule has 1 unspecified atom stereocenters. The Bertz CT molecular complexity index is 1040. The summed E-state index contributed by atoms with van der Waals surface area (Å²) in [4.78, 5) is 9.17. The van der Waals surface area contributed by atoms with Crippen LogP contribution in [0.25, 0.3) is 11.3 Å². The molecule has 2 aromatic heterocycles. The third-order valence-corrected chi connectivity index (χ3v) is 4.83. The van der Waals surface area contributed by atoms with E-state index in [1.165, 1.54) is 6.21 Å². The van der Waals surface area contributed by atoms with E-state index in [9.17, 15) is 5.11 Å². The van der Waals surface area contributed by atoms with Gasteiger partial charge >= 0.3 is 0 Å². The van der Waals surface area contributed by atoms with E-state index in [0.29, 0.717) is 30.2 Å². The summed E-state index contributed by atoms with van der Waals surface area (Å²) < 4.78 is 5.76. The highest BCUT2D eigenvalue weighted by atomic mass is 16.5. The van der Waals surface area contributed by atoms with Gasteiger partial charge in [0.05, 0.1) is 23.5 Å². The lowest BCUT2D eigenvalue weighted by atomic mass is 10.1. The van der Waals surface area contributed by atoms with Crippen molar-refractivity contribution in [3.63, 3.8) is 0 Å². The number of likely N-dealkylation sites (N-methyl/N-ethyl adjacent to an activating group) is 1. The van der Waals surface area contributed by atoms with Crippen molar-refractivity contribution in [3.8, 4) is 17.0 Å². The molecule has 0 amide bonds. The molecule has 3 rings (SSSR count). The zero-order valence-corrected chi connectivity index (χ0v) is 19.3. The highest BCUT2D eigenvalue weighted by Gasteiger charge is 2.14. The van der Waals surface area contributed by atoms with E-state index < -0.39 is 6.10 Å². The van der Waals surface area contributed by atoms with Gasteiger partial charge in [0.25, 0.3) is 0 Å². The van der Waals surface area contributed by atoms with Crippen molar-refractivity contribution in [3.05, 3.63) is 66.0 Å². The molecule has 5 N–H and O–H groups in total. The Kier molecular flexibility index (Phi) is 8.74. The SMILES string of the molecule is CNCC(O)COc1cccc(-c2cc(NCc3ccccn3)c(C=N)c(NC(C)C)n2)c1. The van der Waals surface area contributed by atoms with Gasteiger partial charge in [-0.05, 0) is 51.2 Å². The Morgan fingerprint density at radius 2 is 2.00 bits per heavy atom. The molecule has 174 valence electrons. The summed E-state index contributed by atoms with van der Waals surface area (Å²) >= 11 is 0. The predicted molar refractivity (Wildman–Crippen MR) is 133 cm³/mol. The summed E-state index contributed by atoms with van der Waals surface area (Å²) in [5.74, 6) is 1.29. The van der Waals surface area contributed by atoms with Crippen molar-refractivity contribution in [1.29, 1.82) is 5.41 Å². The zero-order chi connectivity index (χ0) is 23.6. The lowest BCUT2D eigenvalue weighted by Gasteiger charge is -2.18. The van der Waals surface area contributed by atoms with Crippen LogP contribution in [0.5, 0.6) is 5.75 Å². The molecule has 8 nitrogen and oxygen atoms in total. The summed E-state index contributed by atoms with van der Waals surface area (Å²) in [7, 11) is 1.79. The lowest BCUT2D eigenvalue weighted by Crippen LogP contribution is -2.29. The van der Waals surface area contributed by atoms with Gasteiger partial charge in [-0.3, -0.25) is 4.98 Å². The van der Waals surface area contributed by atoms with Crippen LogP contribution in [0.2, 0.25) is 0 Å². The van der Waals surface area contributed by atoms with Crippen LogP contribution in [0.15, 0.2) is 54.7 Å². The molecule has 0 aliphatic heterocycles. The molecule has 1 aromatic carbocycles. The van der Waals surface area contributed by atoms with E-state index in [1.54, 1.807) is 13.2 Å². The minimum Gasteiger partial charge on any atom is -0.491 e. The number of pyridine rings is 2. The highest BCUT2D eigenvalue weighted by molar-refractivity contribution is 5.93. The van der Waals surface area contributed by atoms with Crippen LogP contribution in [-0.2, 0) is 6.54 Å². The maximum absolute atomic E-state index is 9.92. The second-order valence-corrected chi connectivity index (χ2v) is 7.99. The van der Waals surface area contributed by atoms with Gasteiger partial charge in [-0.1, -0.05) is 18.2 Å². The van der Waals surface area contributed by atoms with Crippen LogP contribution in [0.3, 0.4) is 0 Å². The van der Waals surface area contributed by atoms with Crippen LogP contribution < -0.4 is 20.7 Å². The summed E-state index contributed by atoms with van der Waals surface area (Å²) in [6.45, 7) is 5.25. The maximum atomic E-state index is 9.92. The second-order valence-electron chi connectivity index (χ2n) is 7.99. The first-order chi connectivity index (χ1) is 16.0. The number of anilines is 2. The topological polar surface area (TPSA) is 115 Å². The van der Waals surface area contributed by atoms with Crippen molar-refractivity contribution in [1.82, 2.24) is 15.3 Å². The van der Waals surface area contributed by atoms with Gasteiger partial charge in [0.1, 0.15) is 24.3 Å². The highest BCUT2D eigenvalue weighted by Crippen LogP contribution is 2.30. The van der Waals surface area contributed by atoms with Crippen LogP contribution in [0.1, 0.15) is 25.1 Å². The molecule has 0 fully saturated rings. The number of ether oxygens (including phenoxy) is 1. The molecule has 2 heterocycles. The normalized spacial score (nSPS) is 11.8. The fraction of sp³-hybridized carbons (Fsp3) is 0.320. The second kappa shape index (κ2) is 11.9. The molecule has 1 atom stereocenters. The molecular weight excluding hydrogens is 416 g/mol. The number of nitrogens with zero attached hydrogens (tertiary/aromatic N) is 2. The number of benzene rings is 1. The number of hydrogen-bond donors (Lipinski definition) is 5. The van der Waals surface area contributed by atoms with E-state index in [1.807, 2.05) is 62.4 Å². The summed E-state index contributed by atoms with van der Waals surface area (Å²) in [5, 5.41) is 27.6. The predicted octanol–water partition coefficient (Wildman–Crippen LogP) is 3.53. The first-order valence-electron chi connectivity index (χ1n) is 11.0. The van der Waals surface area contributed by atoms with Gasteiger partial charge in [-0.15, -0.1) is 0 Å². The van der Waals surface area contributed by atoms with Gasteiger partial charge in [-0.25, -0.2) is 4.98 Å². The van der Waals surface area contributed by atoms with E-state index in [-0.39, 0.29) is 12.6 Å². The van der Waals surface area contributed by atoms with Crippen molar-refractivity contribution in [2.45, 2.75) is 32.5 Å². The van der Waals surface area contributed by atoms with E-state index in [0.717, 1.165) is 22.6 Å². The number of nitrogens with one attached hydrogen (secondary N) is 4. The molecule has 0 bridgehead atoms. The van der Waals surface area contributed by atoms with Crippen LogP contribution >= 0.6 is 0 Å². The Hall–Kier alpha value is -3.49. The fourth-order valence-corrected chi connectivity index (χ4v) is 3.30. The van der Waals surface area contributed by atoms with E-state index in [2.05, 4.69) is 20.9 Å². The van der Waals surface area contributed by atoms with Gasteiger partial charge in [0.15, 0.2) is 0 Å². The molecular formula is C25H32N6O2. The number of aliphatic hydroxyl groups is 1.